The zero-order valence-corrected chi connectivity index (χ0v) is 18.6. The van der Waals surface area contributed by atoms with Crippen molar-refractivity contribution in [2.45, 2.75) is 18.6 Å². The highest BCUT2D eigenvalue weighted by molar-refractivity contribution is 9.10. The maximum atomic E-state index is 12.5. The lowest BCUT2D eigenvalue weighted by Crippen LogP contribution is -2.15. The quantitative estimate of drug-likeness (QED) is 0.357. The van der Waals surface area contributed by atoms with Crippen LogP contribution in [0.3, 0.4) is 0 Å². The lowest BCUT2D eigenvalue weighted by atomic mass is 10.2. The van der Waals surface area contributed by atoms with Gasteiger partial charge in [0.1, 0.15) is 0 Å². The molecule has 6 nitrogen and oxygen atoms in total. The molecule has 4 rings (SSSR count). The van der Waals surface area contributed by atoms with Crippen molar-refractivity contribution in [2.75, 3.05) is 11.1 Å². The van der Waals surface area contributed by atoms with Crippen LogP contribution < -0.4 is 5.32 Å². The third-order valence-electron chi connectivity index (χ3n) is 4.37. The van der Waals surface area contributed by atoms with Crippen LogP contribution in [0.5, 0.6) is 0 Å². The summed E-state index contributed by atoms with van der Waals surface area (Å²) in [5.74, 6) is 1.37. The minimum Gasteiger partial charge on any atom is -0.461 e. The standard InChI is InChI=1S/C22H19BrN4O2S/c1-15-9-10-18(17(23)12-15)24-20(28)14-30-22-26-25-21(19-8-5-11-29-19)27(22)13-16-6-3-2-4-7-16/h2-12H,13-14H2,1H3,(H,24,28). The number of hydrogen-bond donors (Lipinski definition) is 1. The molecule has 0 spiro atoms. The van der Waals surface area contributed by atoms with Crippen LogP contribution in [0.15, 0.2) is 81.0 Å². The first kappa shape index (κ1) is 20.4. The average Bonchev–Trinajstić information content (AvgIpc) is 3.39. The first-order valence-electron chi connectivity index (χ1n) is 9.30. The minimum absolute atomic E-state index is 0.113. The number of carbonyl (C=O) groups is 1. The summed E-state index contributed by atoms with van der Waals surface area (Å²) < 4.78 is 8.34. The van der Waals surface area contributed by atoms with Crippen LogP contribution in [0, 0.1) is 6.92 Å². The number of hydrogen-bond acceptors (Lipinski definition) is 5. The maximum Gasteiger partial charge on any atom is 0.234 e. The molecule has 0 fully saturated rings. The van der Waals surface area contributed by atoms with Gasteiger partial charge in [-0.1, -0.05) is 48.2 Å². The Morgan fingerprint density at radius 2 is 1.97 bits per heavy atom. The molecule has 1 amide bonds. The molecule has 1 N–H and O–H groups in total. The van der Waals surface area contributed by atoms with E-state index in [2.05, 4.69) is 31.4 Å². The van der Waals surface area contributed by atoms with Crippen LogP contribution >= 0.6 is 27.7 Å². The number of benzene rings is 2. The summed E-state index contributed by atoms with van der Waals surface area (Å²) >= 11 is 4.83. The van der Waals surface area contributed by atoms with E-state index in [0.717, 1.165) is 21.3 Å². The number of furan rings is 1. The zero-order valence-electron chi connectivity index (χ0n) is 16.2. The molecule has 2 aromatic carbocycles. The van der Waals surface area contributed by atoms with E-state index >= 15 is 0 Å². The molecule has 0 saturated heterocycles. The van der Waals surface area contributed by atoms with Crippen molar-refractivity contribution in [3.8, 4) is 11.6 Å². The highest BCUT2D eigenvalue weighted by Crippen LogP contribution is 2.27. The van der Waals surface area contributed by atoms with Crippen molar-refractivity contribution in [3.05, 3.63) is 82.5 Å². The summed E-state index contributed by atoms with van der Waals surface area (Å²) in [5.41, 5.74) is 2.97. The molecule has 0 unspecified atom stereocenters. The molecule has 0 radical (unpaired) electrons. The molecule has 0 bridgehead atoms. The Hall–Kier alpha value is -2.84. The predicted octanol–water partition coefficient (Wildman–Crippen LogP) is 5.39. The van der Waals surface area contributed by atoms with Crippen molar-refractivity contribution in [2.24, 2.45) is 0 Å². The van der Waals surface area contributed by atoms with Crippen LogP contribution in [0.4, 0.5) is 5.69 Å². The van der Waals surface area contributed by atoms with Crippen LogP contribution in [0.2, 0.25) is 0 Å². The van der Waals surface area contributed by atoms with Crippen molar-refractivity contribution in [1.29, 1.82) is 0 Å². The SMILES string of the molecule is Cc1ccc(NC(=O)CSc2nnc(-c3ccco3)n2Cc2ccccc2)c(Br)c1. The average molecular weight is 483 g/mol. The topological polar surface area (TPSA) is 73.0 Å². The number of rotatable bonds is 7. The number of nitrogens with one attached hydrogen (secondary N) is 1. The smallest absolute Gasteiger partial charge is 0.234 e. The first-order valence-corrected chi connectivity index (χ1v) is 11.1. The van der Waals surface area contributed by atoms with Crippen molar-refractivity contribution < 1.29 is 9.21 Å². The van der Waals surface area contributed by atoms with E-state index in [-0.39, 0.29) is 11.7 Å². The number of nitrogens with zero attached hydrogens (tertiary/aromatic N) is 3. The second kappa shape index (κ2) is 9.32. The van der Waals surface area contributed by atoms with Crippen LogP contribution in [-0.2, 0) is 11.3 Å². The van der Waals surface area contributed by atoms with Gasteiger partial charge in [-0.3, -0.25) is 9.36 Å². The molecule has 4 aromatic rings. The lowest BCUT2D eigenvalue weighted by molar-refractivity contribution is -0.113. The fourth-order valence-electron chi connectivity index (χ4n) is 2.93. The monoisotopic (exact) mass is 482 g/mol. The van der Waals surface area contributed by atoms with Gasteiger partial charge in [-0.2, -0.15) is 0 Å². The van der Waals surface area contributed by atoms with E-state index in [4.69, 9.17) is 4.42 Å². The molecule has 0 aliphatic heterocycles. The fourth-order valence-corrected chi connectivity index (χ4v) is 4.26. The number of aromatic nitrogens is 3. The summed E-state index contributed by atoms with van der Waals surface area (Å²) in [6, 6.07) is 19.5. The van der Waals surface area contributed by atoms with E-state index in [9.17, 15) is 4.79 Å². The third-order valence-corrected chi connectivity index (χ3v) is 6.00. The Labute approximate surface area is 186 Å². The van der Waals surface area contributed by atoms with E-state index in [1.165, 1.54) is 11.8 Å². The predicted molar refractivity (Wildman–Crippen MR) is 122 cm³/mol. The first-order chi connectivity index (χ1) is 14.6. The summed E-state index contributed by atoms with van der Waals surface area (Å²) in [7, 11) is 0. The van der Waals surface area contributed by atoms with E-state index in [1.54, 1.807) is 6.26 Å². The Morgan fingerprint density at radius 1 is 1.13 bits per heavy atom. The number of anilines is 1. The number of halogens is 1. The zero-order chi connectivity index (χ0) is 20.9. The van der Waals surface area contributed by atoms with Gasteiger partial charge >= 0.3 is 0 Å². The van der Waals surface area contributed by atoms with E-state index in [0.29, 0.717) is 23.3 Å². The number of aryl methyl sites for hydroxylation is 1. The van der Waals surface area contributed by atoms with Crippen LogP contribution in [0.1, 0.15) is 11.1 Å². The molecular weight excluding hydrogens is 464 g/mol. The molecule has 2 aromatic heterocycles. The minimum atomic E-state index is -0.113. The summed E-state index contributed by atoms with van der Waals surface area (Å²) in [5, 5.41) is 12.2. The van der Waals surface area contributed by atoms with Crippen molar-refractivity contribution in [3.63, 3.8) is 0 Å². The van der Waals surface area contributed by atoms with Gasteiger partial charge in [0.25, 0.3) is 0 Å². The second-order valence-corrected chi connectivity index (χ2v) is 8.47. The molecule has 2 heterocycles. The molecule has 0 atom stereocenters. The Balaban J connectivity index is 1.51. The molecule has 0 aliphatic carbocycles. The molecule has 30 heavy (non-hydrogen) atoms. The molecular formula is C22H19BrN4O2S. The van der Waals surface area contributed by atoms with Gasteiger partial charge in [0.05, 0.1) is 24.2 Å². The Bertz CT molecular complexity index is 1140. The Morgan fingerprint density at radius 3 is 2.70 bits per heavy atom. The molecule has 152 valence electrons. The molecule has 0 aliphatic rings. The van der Waals surface area contributed by atoms with Gasteiger partial charge in [-0.15, -0.1) is 10.2 Å². The number of thioether (sulfide) groups is 1. The maximum absolute atomic E-state index is 12.5. The van der Waals surface area contributed by atoms with Gasteiger partial charge in [0, 0.05) is 4.47 Å². The number of carbonyl (C=O) groups excluding carboxylic acids is 1. The highest BCUT2D eigenvalue weighted by Gasteiger charge is 2.18. The van der Waals surface area contributed by atoms with Gasteiger partial charge in [0.2, 0.25) is 11.7 Å². The second-order valence-electron chi connectivity index (χ2n) is 6.68. The van der Waals surface area contributed by atoms with Gasteiger partial charge < -0.3 is 9.73 Å². The van der Waals surface area contributed by atoms with Crippen LogP contribution in [0.25, 0.3) is 11.6 Å². The van der Waals surface area contributed by atoms with E-state index < -0.39 is 0 Å². The summed E-state index contributed by atoms with van der Waals surface area (Å²) in [6.07, 6.45) is 1.61. The summed E-state index contributed by atoms with van der Waals surface area (Å²) in [6.45, 7) is 2.58. The Kier molecular flexibility index (Phi) is 6.35. The van der Waals surface area contributed by atoms with Crippen molar-refractivity contribution in [1.82, 2.24) is 14.8 Å². The van der Waals surface area contributed by atoms with Gasteiger partial charge in [0.15, 0.2) is 10.9 Å². The van der Waals surface area contributed by atoms with Gasteiger partial charge in [-0.05, 0) is 58.2 Å². The lowest BCUT2D eigenvalue weighted by Gasteiger charge is -2.10. The third kappa shape index (κ3) is 4.83. The molecule has 0 saturated carbocycles. The fraction of sp³-hybridized carbons (Fsp3) is 0.136. The van der Waals surface area contributed by atoms with Gasteiger partial charge in [-0.25, -0.2) is 0 Å². The summed E-state index contributed by atoms with van der Waals surface area (Å²) in [4.78, 5) is 12.5. The number of amides is 1. The molecule has 8 heteroatoms. The van der Waals surface area contributed by atoms with Crippen LogP contribution in [-0.4, -0.2) is 26.4 Å². The van der Waals surface area contributed by atoms with E-state index in [1.807, 2.05) is 72.2 Å². The normalized spacial score (nSPS) is 10.9. The van der Waals surface area contributed by atoms with Crippen molar-refractivity contribution >= 4 is 39.3 Å². The largest absolute Gasteiger partial charge is 0.461 e. The highest BCUT2D eigenvalue weighted by atomic mass is 79.9.